The minimum Gasteiger partial charge on any atom is -0.379 e. The van der Waals surface area contributed by atoms with Gasteiger partial charge >= 0.3 is 0 Å². The van der Waals surface area contributed by atoms with Crippen LogP contribution in [-0.4, -0.2) is 50.8 Å². The van der Waals surface area contributed by atoms with E-state index in [4.69, 9.17) is 10.5 Å². The van der Waals surface area contributed by atoms with Gasteiger partial charge in [0.25, 0.3) is 0 Å². The molecule has 6 heteroatoms. The Morgan fingerprint density at radius 2 is 1.82 bits per heavy atom. The lowest BCUT2D eigenvalue weighted by atomic mass is 10.0. The van der Waals surface area contributed by atoms with Crippen LogP contribution in [0.15, 0.2) is 0 Å². The molecule has 0 aromatic carbocycles. The molecular formula is C11H22N2O3S. The quantitative estimate of drug-likeness (QED) is 0.783. The number of rotatable bonds is 4. The average Bonchev–Trinajstić information content (AvgIpc) is 2.83. The van der Waals surface area contributed by atoms with Gasteiger partial charge in [0.15, 0.2) is 0 Å². The summed E-state index contributed by atoms with van der Waals surface area (Å²) in [5.41, 5.74) is 6.03. The second-order valence-electron chi connectivity index (χ2n) is 5.00. The van der Waals surface area contributed by atoms with Crippen LogP contribution in [0, 0.1) is 5.92 Å². The molecule has 1 atom stereocenters. The molecule has 0 bridgehead atoms. The third-order valence-corrected chi connectivity index (χ3v) is 5.73. The van der Waals surface area contributed by atoms with Crippen LogP contribution >= 0.6 is 0 Å². The van der Waals surface area contributed by atoms with Crippen LogP contribution in [0.25, 0.3) is 0 Å². The number of hydrogen-bond acceptors (Lipinski definition) is 4. The fraction of sp³-hybridized carbons (Fsp3) is 1.00. The molecule has 0 radical (unpaired) electrons. The molecule has 1 aliphatic carbocycles. The first-order chi connectivity index (χ1) is 8.09. The zero-order valence-electron chi connectivity index (χ0n) is 10.2. The van der Waals surface area contributed by atoms with Crippen molar-refractivity contribution in [1.29, 1.82) is 0 Å². The van der Waals surface area contributed by atoms with Crippen molar-refractivity contribution in [1.82, 2.24) is 4.31 Å². The van der Waals surface area contributed by atoms with Gasteiger partial charge in [0.05, 0.1) is 19.0 Å². The van der Waals surface area contributed by atoms with E-state index in [2.05, 4.69) is 0 Å². The van der Waals surface area contributed by atoms with Crippen LogP contribution in [0.4, 0.5) is 0 Å². The summed E-state index contributed by atoms with van der Waals surface area (Å²) in [7, 11) is -3.19. The van der Waals surface area contributed by atoms with Gasteiger partial charge in [0, 0.05) is 19.1 Å². The Morgan fingerprint density at radius 1 is 1.24 bits per heavy atom. The van der Waals surface area contributed by atoms with E-state index in [1.54, 1.807) is 0 Å². The SMILES string of the molecule is NC(CS(=O)(=O)N1CCOCC1)C1CCCC1. The van der Waals surface area contributed by atoms with Crippen molar-refractivity contribution in [3.63, 3.8) is 0 Å². The Morgan fingerprint density at radius 3 is 2.41 bits per heavy atom. The van der Waals surface area contributed by atoms with Crippen LogP contribution < -0.4 is 5.73 Å². The smallest absolute Gasteiger partial charge is 0.215 e. The molecule has 1 aliphatic heterocycles. The highest BCUT2D eigenvalue weighted by Gasteiger charge is 2.30. The van der Waals surface area contributed by atoms with Crippen LogP contribution in [0.1, 0.15) is 25.7 Å². The van der Waals surface area contributed by atoms with Crippen molar-refractivity contribution in [3.8, 4) is 0 Å². The van der Waals surface area contributed by atoms with Gasteiger partial charge in [0.2, 0.25) is 10.0 Å². The third-order valence-electron chi connectivity index (χ3n) is 3.77. The van der Waals surface area contributed by atoms with E-state index in [9.17, 15) is 8.42 Å². The van der Waals surface area contributed by atoms with Crippen molar-refractivity contribution in [3.05, 3.63) is 0 Å². The number of ether oxygens (including phenoxy) is 1. The first-order valence-corrected chi connectivity index (χ1v) is 8.01. The lowest BCUT2D eigenvalue weighted by Gasteiger charge is -2.28. The maximum absolute atomic E-state index is 12.1. The third kappa shape index (κ3) is 3.40. The van der Waals surface area contributed by atoms with Crippen molar-refractivity contribution in [2.75, 3.05) is 32.1 Å². The molecule has 17 heavy (non-hydrogen) atoms. The molecule has 0 aromatic rings. The number of nitrogens with two attached hydrogens (primary N) is 1. The molecular weight excluding hydrogens is 240 g/mol. The monoisotopic (exact) mass is 262 g/mol. The zero-order valence-corrected chi connectivity index (χ0v) is 11.0. The van der Waals surface area contributed by atoms with Crippen LogP contribution in [0.2, 0.25) is 0 Å². The molecule has 0 aromatic heterocycles. The maximum atomic E-state index is 12.1. The Hall–Kier alpha value is -0.170. The van der Waals surface area contributed by atoms with Gasteiger partial charge in [-0.1, -0.05) is 12.8 Å². The molecule has 1 saturated heterocycles. The largest absolute Gasteiger partial charge is 0.379 e. The number of morpholine rings is 1. The summed E-state index contributed by atoms with van der Waals surface area (Å²) in [5.74, 6) is 0.489. The maximum Gasteiger partial charge on any atom is 0.215 e. The Labute approximate surface area is 103 Å². The normalized spacial score (nSPS) is 26.2. The molecule has 2 rings (SSSR count). The highest BCUT2D eigenvalue weighted by atomic mass is 32.2. The molecule has 1 heterocycles. The topological polar surface area (TPSA) is 72.6 Å². The van der Waals surface area contributed by atoms with E-state index in [0.717, 1.165) is 12.8 Å². The summed E-state index contributed by atoms with van der Waals surface area (Å²) in [6, 6.07) is -0.203. The first kappa shape index (κ1) is 13.3. The Bertz CT molecular complexity index is 333. The molecule has 1 unspecified atom stereocenters. The molecule has 2 aliphatic rings. The lowest BCUT2D eigenvalue weighted by molar-refractivity contribution is 0.0729. The Balaban J connectivity index is 1.91. The summed E-state index contributed by atoms with van der Waals surface area (Å²) >= 11 is 0. The van der Waals surface area contributed by atoms with Crippen molar-refractivity contribution >= 4 is 10.0 Å². The summed E-state index contributed by atoms with van der Waals surface area (Å²) in [6.07, 6.45) is 4.55. The van der Waals surface area contributed by atoms with Crippen molar-refractivity contribution < 1.29 is 13.2 Å². The standard InChI is InChI=1S/C11H22N2O3S/c12-11(10-3-1-2-4-10)9-17(14,15)13-5-7-16-8-6-13/h10-11H,1-9,12H2. The second-order valence-corrected chi connectivity index (χ2v) is 7.01. The summed E-state index contributed by atoms with van der Waals surface area (Å²) < 4.78 is 31.0. The predicted octanol–water partition coefficient (Wildman–Crippen LogP) is 0.166. The summed E-state index contributed by atoms with van der Waals surface area (Å²) in [4.78, 5) is 0. The minimum atomic E-state index is -3.19. The van der Waals surface area contributed by atoms with Gasteiger partial charge in [-0.2, -0.15) is 4.31 Å². The van der Waals surface area contributed by atoms with E-state index in [-0.39, 0.29) is 11.8 Å². The van der Waals surface area contributed by atoms with E-state index in [1.807, 2.05) is 0 Å². The minimum absolute atomic E-state index is 0.0949. The summed E-state index contributed by atoms with van der Waals surface area (Å²) in [5, 5.41) is 0. The van der Waals surface area contributed by atoms with Crippen LogP contribution in [0.3, 0.4) is 0 Å². The molecule has 5 nitrogen and oxygen atoms in total. The fourth-order valence-corrected chi connectivity index (χ4v) is 4.37. The fourth-order valence-electron chi connectivity index (χ4n) is 2.70. The highest BCUT2D eigenvalue weighted by Crippen LogP contribution is 2.27. The van der Waals surface area contributed by atoms with Gasteiger partial charge in [-0.15, -0.1) is 0 Å². The van der Waals surface area contributed by atoms with Gasteiger partial charge in [-0.05, 0) is 18.8 Å². The van der Waals surface area contributed by atoms with Gasteiger partial charge < -0.3 is 10.5 Å². The van der Waals surface area contributed by atoms with Crippen LogP contribution in [-0.2, 0) is 14.8 Å². The second kappa shape index (κ2) is 5.65. The number of sulfonamides is 1. The van der Waals surface area contributed by atoms with Gasteiger partial charge in [-0.3, -0.25) is 0 Å². The van der Waals surface area contributed by atoms with Gasteiger partial charge in [0.1, 0.15) is 0 Å². The Kier molecular flexibility index (Phi) is 4.41. The molecule has 1 saturated carbocycles. The van der Waals surface area contributed by atoms with E-state index >= 15 is 0 Å². The highest BCUT2D eigenvalue weighted by molar-refractivity contribution is 7.89. The van der Waals surface area contributed by atoms with E-state index < -0.39 is 10.0 Å². The molecule has 100 valence electrons. The zero-order chi connectivity index (χ0) is 12.3. The van der Waals surface area contributed by atoms with E-state index in [1.165, 1.54) is 17.1 Å². The lowest BCUT2D eigenvalue weighted by Crippen LogP contribution is -2.46. The number of nitrogens with zero attached hydrogens (tertiary/aromatic N) is 1. The van der Waals surface area contributed by atoms with Crippen molar-refractivity contribution in [2.45, 2.75) is 31.7 Å². The molecule has 2 N–H and O–H groups in total. The number of hydrogen-bond donors (Lipinski definition) is 1. The molecule has 0 spiro atoms. The first-order valence-electron chi connectivity index (χ1n) is 6.41. The van der Waals surface area contributed by atoms with Crippen molar-refractivity contribution in [2.24, 2.45) is 11.7 Å². The predicted molar refractivity (Wildman–Crippen MR) is 66.1 cm³/mol. The van der Waals surface area contributed by atoms with Gasteiger partial charge in [-0.25, -0.2) is 8.42 Å². The molecule has 2 fully saturated rings. The van der Waals surface area contributed by atoms with E-state index in [0.29, 0.717) is 32.2 Å². The van der Waals surface area contributed by atoms with Crippen LogP contribution in [0.5, 0.6) is 0 Å². The molecule has 0 amide bonds. The average molecular weight is 262 g/mol. The summed E-state index contributed by atoms with van der Waals surface area (Å²) in [6.45, 7) is 1.94.